The molecular formula is C9H7Cl2N3O2S. The molecule has 5 nitrogen and oxygen atoms in total. The van der Waals surface area contributed by atoms with Crippen molar-refractivity contribution in [3.8, 4) is 0 Å². The molecule has 0 amide bonds. The Morgan fingerprint density at radius 3 is 2.65 bits per heavy atom. The van der Waals surface area contributed by atoms with Crippen LogP contribution in [0.15, 0.2) is 29.4 Å². The van der Waals surface area contributed by atoms with Crippen LogP contribution < -0.4 is 0 Å². The van der Waals surface area contributed by atoms with Crippen molar-refractivity contribution < 1.29 is 8.42 Å². The number of nitrogens with zero attached hydrogens (tertiary/aromatic N) is 2. The number of hydrogen-bond donors (Lipinski definition) is 1. The van der Waals surface area contributed by atoms with E-state index >= 15 is 0 Å². The van der Waals surface area contributed by atoms with Crippen molar-refractivity contribution in [2.75, 3.05) is 0 Å². The van der Waals surface area contributed by atoms with Crippen molar-refractivity contribution in [2.24, 2.45) is 0 Å². The van der Waals surface area contributed by atoms with Gasteiger partial charge in [-0.3, -0.25) is 0 Å². The number of halogens is 2. The highest BCUT2D eigenvalue weighted by atomic mass is 35.5. The molecule has 1 N–H and O–H groups in total. The number of aromatic amines is 1. The molecule has 17 heavy (non-hydrogen) atoms. The second kappa shape index (κ2) is 4.64. The second-order valence-corrected chi connectivity index (χ2v) is 6.08. The van der Waals surface area contributed by atoms with Crippen LogP contribution in [-0.2, 0) is 15.6 Å². The quantitative estimate of drug-likeness (QED) is 0.939. The van der Waals surface area contributed by atoms with Crippen LogP contribution in [0.5, 0.6) is 0 Å². The molecule has 0 radical (unpaired) electrons. The number of sulfone groups is 1. The Morgan fingerprint density at radius 2 is 2.06 bits per heavy atom. The van der Waals surface area contributed by atoms with Crippen LogP contribution >= 0.6 is 23.2 Å². The maximum absolute atomic E-state index is 11.9. The molecule has 2 aromatic rings. The van der Waals surface area contributed by atoms with Gasteiger partial charge >= 0.3 is 0 Å². The zero-order valence-electron chi connectivity index (χ0n) is 8.39. The molecule has 0 saturated carbocycles. The highest BCUT2D eigenvalue weighted by Gasteiger charge is 2.19. The van der Waals surface area contributed by atoms with Gasteiger partial charge in [0, 0.05) is 10.0 Å². The molecule has 1 aromatic carbocycles. The second-order valence-electron chi connectivity index (χ2n) is 3.30. The molecule has 0 aliphatic rings. The largest absolute Gasteiger partial charge is 0.222 e. The first kappa shape index (κ1) is 12.3. The standard InChI is InChI=1S/C9H7Cl2N3O2S/c10-7-2-1-6(8(11)3-7)5-17(15,16)9-4-12-14-13-9/h1-4H,5H2,(H,12,13,14). The highest BCUT2D eigenvalue weighted by Crippen LogP contribution is 2.24. The third-order valence-corrected chi connectivity index (χ3v) is 4.18. The van der Waals surface area contributed by atoms with Gasteiger partial charge in [-0.25, -0.2) is 8.42 Å². The predicted octanol–water partition coefficient (Wildman–Crippen LogP) is 2.09. The van der Waals surface area contributed by atoms with E-state index in [9.17, 15) is 8.42 Å². The molecule has 90 valence electrons. The number of hydrogen-bond acceptors (Lipinski definition) is 4. The van der Waals surface area contributed by atoms with Crippen LogP contribution in [0.25, 0.3) is 0 Å². The summed E-state index contributed by atoms with van der Waals surface area (Å²) in [5, 5.41) is 9.91. The van der Waals surface area contributed by atoms with Crippen molar-refractivity contribution in [3.63, 3.8) is 0 Å². The summed E-state index contributed by atoms with van der Waals surface area (Å²) in [5.74, 6) is -0.241. The Morgan fingerprint density at radius 1 is 1.29 bits per heavy atom. The average Bonchev–Trinajstić information content (AvgIpc) is 2.76. The van der Waals surface area contributed by atoms with Crippen LogP contribution in [0.1, 0.15) is 5.56 Å². The van der Waals surface area contributed by atoms with E-state index < -0.39 is 9.84 Å². The van der Waals surface area contributed by atoms with E-state index in [-0.39, 0.29) is 10.8 Å². The molecule has 0 aliphatic heterocycles. The lowest BCUT2D eigenvalue weighted by Crippen LogP contribution is -2.06. The van der Waals surface area contributed by atoms with Gasteiger partial charge in [-0.1, -0.05) is 29.3 Å². The molecule has 0 atom stereocenters. The summed E-state index contributed by atoms with van der Waals surface area (Å²) in [4.78, 5) is 0. The minimum atomic E-state index is -3.54. The van der Waals surface area contributed by atoms with Crippen molar-refractivity contribution in [1.29, 1.82) is 0 Å². The molecule has 0 fully saturated rings. The number of benzene rings is 1. The molecule has 0 spiro atoms. The summed E-state index contributed by atoms with van der Waals surface area (Å²) in [5.41, 5.74) is 0.471. The van der Waals surface area contributed by atoms with Crippen LogP contribution in [0.4, 0.5) is 0 Å². The normalized spacial score (nSPS) is 11.6. The highest BCUT2D eigenvalue weighted by molar-refractivity contribution is 7.90. The first-order valence-corrected chi connectivity index (χ1v) is 6.92. The van der Waals surface area contributed by atoms with E-state index in [4.69, 9.17) is 23.2 Å². The van der Waals surface area contributed by atoms with Gasteiger partial charge in [-0.15, -0.1) is 5.10 Å². The molecule has 2 rings (SSSR count). The molecule has 0 aliphatic carbocycles. The van der Waals surface area contributed by atoms with Crippen molar-refractivity contribution in [1.82, 2.24) is 15.4 Å². The van der Waals surface area contributed by atoms with Crippen LogP contribution in [0, 0.1) is 0 Å². The fourth-order valence-electron chi connectivity index (χ4n) is 1.26. The van der Waals surface area contributed by atoms with Gasteiger partial charge in [0.2, 0.25) is 9.84 Å². The minimum Gasteiger partial charge on any atom is -0.222 e. The van der Waals surface area contributed by atoms with Crippen molar-refractivity contribution in [2.45, 2.75) is 10.8 Å². The lowest BCUT2D eigenvalue weighted by molar-refractivity contribution is 0.591. The van der Waals surface area contributed by atoms with Gasteiger partial charge < -0.3 is 0 Å². The molecule has 8 heteroatoms. The van der Waals surface area contributed by atoms with E-state index in [0.717, 1.165) is 6.20 Å². The molecule has 0 saturated heterocycles. The Hall–Kier alpha value is -1.11. The molecule has 1 aromatic heterocycles. The lowest BCUT2D eigenvalue weighted by Gasteiger charge is -2.04. The topological polar surface area (TPSA) is 75.7 Å². The number of H-pyrrole nitrogens is 1. The fraction of sp³-hybridized carbons (Fsp3) is 0.111. The number of nitrogens with one attached hydrogen (secondary N) is 1. The summed E-state index contributed by atoms with van der Waals surface area (Å²) in [7, 11) is -3.54. The van der Waals surface area contributed by atoms with Crippen molar-refractivity contribution >= 4 is 33.0 Å². The van der Waals surface area contributed by atoms with E-state index in [2.05, 4.69) is 15.4 Å². The van der Waals surface area contributed by atoms with E-state index in [1.165, 1.54) is 6.07 Å². The molecule has 0 unspecified atom stereocenters. The first-order valence-electron chi connectivity index (χ1n) is 4.51. The SMILES string of the molecule is O=S(=O)(Cc1ccc(Cl)cc1Cl)c1cn[nH]n1. The van der Waals surface area contributed by atoms with Gasteiger partial charge in [0.15, 0.2) is 5.03 Å². The zero-order chi connectivity index (χ0) is 12.5. The van der Waals surface area contributed by atoms with E-state index in [1.807, 2.05) is 0 Å². The third kappa shape index (κ3) is 2.77. The number of rotatable bonds is 3. The third-order valence-electron chi connectivity index (χ3n) is 2.07. The molecule has 0 bridgehead atoms. The van der Waals surface area contributed by atoms with Gasteiger partial charge in [-0.2, -0.15) is 10.3 Å². The fourth-order valence-corrected chi connectivity index (χ4v) is 3.02. The van der Waals surface area contributed by atoms with Crippen molar-refractivity contribution in [3.05, 3.63) is 40.0 Å². The monoisotopic (exact) mass is 291 g/mol. The summed E-state index contributed by atoms with van der Waals surface area (Å²) < 4.78 is 23.8. The predicted molar refractivity (Wildman–Crippen MR) is 63.7 cm³/mol. The van der Waals surface area contributed by atoms with Crippen LogP contribution in [0.2, 0.25) is 10.0 Å². The molecule has 1 heterocycles. The smallest absolute Gasteiger partial charge is 0.203 e. The van der Waals surface area contributed by atoms with E-state index in [0.29, 0.717) is 15.6 Å². The lowest BCUT2D eigenvalue weighted by atomic mass is 10.2. The van der Waals surface area contributed by atoms with Gasteiger partial charge in [0.1, 0.15) is 0 Å². The zero-order valence-corrected chi connectivity index (χ0v) is 10.7. The van der Waals surface area contributed by atoms with Gasteiger partial charge in [0.25, 0.3) is 0 Å². The maximum Gasteiger partial charge on any atom is 0.203 e. The minimum absolute atomic E-state index is 0.108. The summed E-state index contributed by atoms with van der Waals surface area (Å²) in [6.07, 6.45) is 1.15. The average molecular weight is 292 g/mol. The van der Waals surface area contributed by atoms with Crippen LogP contribution in [-0.4, -0.2) is 23.8 Å². The molecular weight excluding hydrogens is 285 g/mol. The Balaban J connectivity index is 2.33. The summed E-state index contributed by atoms with van der Waals surface area (Å²) in [6, 6.07) is 4.65. The Bertz CT molecular complexity index is 626. The summed E-state index contributed by atoms with van der Waals surface area (Å²) in [6.45, 7) is 0. The van der Waals surface area contributed by atoms with Crippen LogP contribution in [0.3, 0.4) is 0 Å². The van der Waals surface area contributed by atoms with Gasteiger partial charge in [-0.05, 0) is 17.7 Å². The van der Waals surface area contributed by atoms with Gasteiger partial charge in [0.05, 0.1) is 11.9 Å². The maximum atomic E-state index is 11.9. The number of aromatic nitrogens is 3. The Kier molecular flexibility index (Phi) is 3.37. The Labute approximate surface area is 108 Å². The van der Waals surface area contributed by atoms with E-state index in [1.54, 1.807) is 12.1 Å². The first-order chi connectivity index (χ1) is 7.99. The summed E-state index contributed by atoms with van der Waals surface area (Å²) >= 11 is 11.6.